The molecule has 1 aromatic carbocycles. The van der Waals surface area contributed by atoms with Gasteiger partial charge in [0.2, 0.25) is 5.91 Å². The molecule has 0 saturated carbocycles. The van der Waals surface area contributed by atoms with Crippen LogP contribution < -0.4 is 14.8 Å². The minimum Gasteiger partial charge on any atom is -0.486 e. The van der Waals surface area contributed by atoms with Gasteiger partial charge in [0.1, 0.15) is 13.2 Å². The van der Waals surface area contributed by atoms with Gasteiger partial charge in [-0.25, -0.2) is 0 Å². The molecule has 5 nitrogen and oxygen atoms in total. The van der Waals surface area contributed by atoms with Crippen molar-refractivity contribution in [3.05, 3.63) is 22.7 Å². The number of amides is 1. The second-order valence-corrected chi connectivity index (χ2v) is 5.83. The van der Waals surface area contributed by atoms with Crippen molar-refractivity contribution >= 4 is 17.5 Å². The van der Waals surface area contributed by atoms with Crippen molar-refractivity contribution in [3.63, 3.8) is 0 Å². The van der Waals surface area contributed by atoms with E-state index in [1.54, 1.807) is 6.07 Å². The molecule has 0 bridgehead atoms. The SMILES string of the molecule is CC1CNCCN1C(=O)Cc1cc(Cl)c2c(c1)OCCO2. The van der Waals surface area contributed by atoms with Gasteiger partial charge in [-0.2, -0.15) is 0 Å². The molecule has 0 aromatic heterocycles. The largest absolute Gasteiger partial charge is 0.486 e. The summed E-state index contributed by atoms with van der Waals surface area (Å²) in [5, 5.41) is 3.78. The summed E-state index contributed by atoms with van der Waals surface area (Å²) in [5.41, 5.74) is 0.861. The Labute approximate surface area is 129 Å². The van der Waals surface area contributed by atoms with Gasteiger partial charge in [0.25, 0.3) is 0 Å². The van der Waals surface area contributed by atoms with Gasteiger partial charge in [-0.1, -0.05) is 11.6 Å². The maximum Gasteiger partial charge on any atom is 0.227 e. The van der Waals surface area contributed by atoms with Gasteiger partial charge in [0.15, 0.2) is 11.5 Å². The molecule has 0 radical (unpaired) electrons. The molecule has 1 saturated heterocycles. The van der Waals surface area contributed by atoms with Crippen LogP contribution in [0.1, 0.15) is 12.5 Å². The molecule has 1 N–H and O–H groups in total. The van der Waals surface area contributed by atoms with Crippen molar-refractivity contribution in [1.82, 2.24) is 10.2 Å². The predicted molar refractivity (Wildman–Crippen MR) is 80.2 cm³/mol. The molecule has 0 spiro atoms. The lowest BCUT2D eigenvalue weighted by Gasteiger charge is -2.34. The highest BCUT2D eigenvalue weighted by atomic mass is 35.5. The average molecular weight is 311 g/mol. The molecule has 3 rings (SSSR count). The van der Waals surface area contributed by atoms with E-state index in [1.807, 2.05) is 11.0 Å². The molecule has 6 heteroatoms. The van der Waals surface area contributed by atoms with E-state index in [0.29, 0.717) is 36.2 Å². The number of carbonyl (C=O) groups is 1. The van der Waals surface area contributed by atoms with Crippen molar-refractivity contribution in [2.24, 2.45) is 0 Å². The molecule has 1 aromatic rings. The minimum atomic E-state index is 0.122. The van der Waals surface area contributed by atoms with Crippen molar-refractivity contribution < 1.29 is 14.3 Å². The summed E-state index contributed by atoms with van der Waals surface area (Å²) in [6.07, 6.45) is 0.334. The third kappa shape index (κ3) is 3.09. The maximum atomic E-state index is 12.4. The Bertz CT molecular complexity index is 550. The zero-order valence-corrected chi connectivity index (χ0v) is 12.8. The zero-order chi connectivity index (χ0) is 14.8. The zero-order valence-electron chi connectivity index (χ0n) is 12.0. The molecule has 1 atom stereocenters. The molecule has 2 heterocycles. The van der Waals surface area contributed by atoms with Gasteiger partial charge in [-0.15, -0.1) is 0 Å². The molecule has 0 aliphatic carbocycles. The highest BCUT2D eigenvalue weighted by molar-refractivity contribution is 6.32. The standard InChI is InChI=1S/C15H19ClN2O3/c1-10-9-17-2-3-18(10)14(19)8-11-6-12(16)15-13(7-11)20-4-5-21-15/h6-7,10,17H,2-5,8-9H2,1H3. The monoisotopic (exact) mass is 310 g/mol. The van der Waals surface area contributed by atoms with Gasteiger partial charge in [-0.3, -0.25) is 4.79 Å². The summed E-state index contributed by atoms with van der Waals surface area (Å²) in [6.45, 7) is 5.50. The smallest absolute Gasteiger partial charge is 0.227 e. The first-order chi connectivity index (χ1) is 10.1. The van der Waals surface area contributed by atoms with Crippen molar-refractivity contribution in [3.8, 4) is 11.5 Å². The second-order valence-electron chi connectivity index (χ2n) is 5.42. The molecular formula is C15H19ClN2O3. The Morgan fingerprint density at radius 2 is 2.24 bits per heavy atom. The van der Waals surface area contributed by atoms with Crippen LogP contribution in [0.25, 0.3) is 0 Å². The van der Waals surface area contributed by atoms with Gasteiger partial charge in [0, 0.05) is 25.7 Å². The first-order valence-electron chi connectivity index (χ1n) is 7.23. The lowest BCUT2D eigenvalue weighted by atomic mass is 10.1. The summed E-state index contributed by atoms with van der Waals surface area (Å²) in [6, 6.07) is 3.87. The number of piperazine rings is 1. The number of hydrogen-bond donors (Lipinski definition) is 1. The molecule has 21 heavy (non-hydrogen) atoms. The van der Waals surface area contributed by atoms with Crippen LogP contribution in [0.3, 0.4) is 0 Å². The van der Waals surface area contributed by atoms with Gasteiger partial charge < -0.3 is 19.7 Å². The maximum absolute atomic E-state index is 12.4. The summed E-state index contributed by atoms with van der Waals surface area (Å²) < 4.78 is 11.0. The number of nitrogens with one attached hydrogen (secondary N) is 1. The van der Waals surface area contributed by atoms with Crippen LogP contribution in [0.2, 0.25) is 5.02 Å². The van der Waals surface area contributed by atoms with Crippen LogP contribution in [0, 0.1) is 0 Å². The number of rotatable bonds is 2. The number of ether oxygens (including phenoxy) is 2. The Morgan fingerprint density at radius 3 is 3.05 bits per heavy atom. The number of hydrogen-bond acceptors (Lipinski definition) is 4. The van der Waals surface area contributed by atoms with E-state index in [-0.39, 0.29) is 11.9 Å². The summed E-state index contributed by atoms with van der Waals surface area (Å²) in [5.74, 6) is 1.33. The van der Waals surface area contributed by atoms with E-state index in [2.05, 4.69) is 12.2 Å². The van der Waals surface area contributed by atoms with Gasteiger partial charge in [0.05, 0.1) is 11.4 Å². The first kappa shape index (κ1) is 14.5. The van der Waals surface area contributed by atoms with Crippen molar-refractivity contribution in [2.75, 3.05) is 32.8 Å². The average Bonchev–Trinajstić information content (AvgIpc) is 2.47. The molecule has 2 aliphatic rings. The lowest BCUT2D eigenvalue weighted by molar-refractivity contribution is -0.133. The van der Waals surface area contributed by atoms with Crippen LogP contribution in [0.15, 0.2) is 12.1 Å². The van der Waals surface area contributed by atoms with E-state index in [0.717, 1.165) is 25.2 Å². The highest BCUT2D eigenvalue weighted by Crippen LogP contribution is 2.38. The van der Waals surface area contributed by atoms with Gasteiger partial charge >= 0.3 is 0 Å². The van der Waals surface area contributed by atoms with Crippen LogP contribution in [0.4, 0.5) is 0 Å². The van der Waals surface area contributed by atoms with Crippen LogP contribution in [-0.2, 0) is 11.2 Å². The Morgan fingerprint density at radius 1 is 1.43 bits per heavy atom. The fourth-order valence-corrected chi connectivity index (χ4v) is 3.04. The van der Waals surface area contributed by atoms with Gasteiger partial charge in [-0.05, 0) is 24.6 Å². The number of benzene rings is 1. The van der Waals surface area contributed by atoms with Crippen molar-refractivity contribution in [1.29, 1.82) is 0 Å². The van der Waals surface area contributed by atoms with Crippen molar-refractivity contribution in [2.45, 2.75) is 19.4 Å². The Kier molecular flexibility index (Phi) is 4.22. The topological polar surface area (TPSA) is 50.8 Å². The molecule has 1 amide bonds. The first-order valence-corrected chi connectivity index (χ1v) is 7.61. The van der Waals surface area contributed by atoms with Crippen LogP contribution in [0.5, 0.6) is 11.5 Å². The molecular weight excluding hydrogens is 292 g/mol. The third-order valence-electron chi connectivity index (χ3n) is 3.83. The fraction of sp³-hybridized carbons (Fsp3) is 0.533. The molecule has 114 valence electrons. The van der Waals surface area contributed by atoms with E-state index in [1.165, 1.54) is 0 Å². The Balaban J connectivity index is 1.75. The number of fused-ring (bicyclic) bond motifs is 1. The lowest BCUT2D eigenvalue weighted by Crippen LogP contribution is -2.52. The predicted octanol–water partition coefficient (Wildman–Crippen LogP) is 1.47. The minimum absolute atomic E-state index is 0.122. The van der Waals surface area contributed by atoms with E-state index >= 15 is 0 Å². The Hall–Kier alpha value is -1.46. The van der Waals surface area contributed by atoms with E-state index in [4.69, 9.17) is 21.1 Å². The number of halogens is 1. The molecule has 2 aliphatic heterocycles. The normalized spacial score (nSPS) is 21.2. The number of carbonyl (C=O) groups excluding carboxylic acids is 1. The summed E-state index contributed by atoms with van der Waals surface area (Å²) in [4.78, 5) is 14.4. The molecule has 1 fully saturated rings. The fourth-order valence-electron chi connectivity index (χ4n) is 2.75. The summed E-state index contributed by atoms with van der Waals surface area (Å²) >= 11 is 6.21. The quantitative estimate of drug-likeness (QED) is 0.899. The van der Waals surface area contributed by atoms with E-state index in [9.17, 15) is 4.79 Å². The van der Waals surface area contributed by atoms with E-state index < -0.39 is 0 Å². The highest BCUT2D eigenvalue weighted by Gasteiger charge is 2.24. The van der Waals surface area contributed by atoms with Crippen LogP contribution in [-0.4, -0.2) is 49.7 Å². The third-order valence-corrected chi connectivity index (χ3v) is 4.11. The second kappa shape index (κ2) is 6.12. The molecule has 1 unspecified atom stereocenters. The number of nitrogens with zero attached hydrogens (tertiary/aromatic N) is 1. The van der Waals surface area contributed by atoms with Crippen LogP contribution >= 0.6 is 11.6 Å². The summed E-state index contributed by atoms with van der Waals surface area (Å²) in [7, 11) is 0.